The predicted molar refractivity (Wildman–Crippen MR) is 219 cm³/mol. The first-order valence-electron chi connectivity index (χ1n) is 17.9. The number of amides is 4. The van der Waals surface area contributed by atoms with Crippen molar-refractivity contribution in [2.45, 2.75) is 55.4 Å². The van der Waals surface area contributed by atoms with Crippen LogP contribution >= 0.6 is 0 Å². The van der Waals surface area contributed by atoms with E-state index in [2.05, 4.69) is 41.2 Å². The van der Waals surface area contributed by atoms with Crippen molar-refractivity contribution in [2.24, 2.45) is 0 Å². The fourth-order valence-electron chi connectivity index (χ4n) is 6.49. The van der Waals surface area contributed by atoms with Crippen molar-refractivity contribution in [1.82, 2.24) is 19.9 Å². The number of nitrogens with one attached hydrogen (secondary N) is 4. The van der Waals surface area contributed by atoms with Crippen LogP contribution < -0.4 is 21.3 Å². The molecule has 0 atom stereocenters. The van der Waals surface area contributed by atoms with Gasteiger partial charge in [0.15, 0.2) is 0 Å². The van der Waals surface area contributed by atoms with Gasteiger partial charge in [-0.05, 0) is 174 Å². The molecule has 0 aliphatic carbocycles. The first kappa shape index (κ1) is 38.6. The van der Waals surface area contributed by atoms with Crippen LogP contribution in [0.25, 0.3) is 11.1 Å². The van der Waals surface area contributed by atoms with Crippen LogP contribution in [0.2, 0.25) is 0 Å². The van der Waals surface area contributed by atoms with Crippen molar-refractivity contribution >= 4 is 46.9 Å². The van der Waals surface area contributed by atoms with Crippen molar-refractivity contribution in [2.75, 3.05) is 21.3 Å². The van der Waals surface area contributed by atoms with E-state index in [1.165, 1.54) is 12.1 Å². The Kier molecular flexibility index (Phi) is 11.1. The number of carbonyl (C=O) groups excluding carboxylic acids is 4. The Bertz CT molecular complexity index is 2140. The number of pyridine rings is 4. The summed E-state index contributed by atoms with van der Waals surface area (Å²) >= 11 is 0. The Morgan fingerprint density at radius 2 is 0.536 bits per heavy atom. The standard InChI is InChI=1S/C44H42N8O4/c1-23-9-27(5)45-37(13-23)49-41(53)33-17-31(18-34(21-33)42(54)50-38-14-24(2)10-28(6)46-38)32-19-35(43(55)51-39-15-25(3)11-29(7)47-39)22-36(20-32)44(56)52-40-16-26(4)12-30(8)48-40/h9-22H,1-8H3,(H,45,49,53)(H,46,50,54)(H,47,51,55)(H,48,52,56). The molecule has 4 N–H and O–H groups in total. The molecule has 282 valence electrons. The summed E-state index contributed by atoms with van der Waals surface area (Å²) in [5, 5.41) is 11.4. The van der Waals surface area contributed by atoms with Gasteiger partial charge in [0.25, 0.3) is 23.6 Å². The highest BCUT2D eigenvalue weighted by atomic mass is 16.2. The van der Waals surface area contributed by atoms with Crippen LogP contribution in [0.1, 0.15) is 86.5 Å². The molecule has 4 aromatic heterocycles. The molecule has 0 fully saturated rings. The van der Waals surface area contributed by atoms with E-state index in [4.69, 9.17) is 0 Å². The second-order valence-electron chi connectivity index (χ2n) is 14.1. The zero-order chi connectivity index (χ0) is 40.3. The normalized spacial score (nSPS) is 10.8. The van der Waals surface area contributed by atoms with Gasteiger partial charge in [0, 0.05) is 45.0 Å². The van der Waals surface area contributed by atoms with E-state index in [1.54, 1.807) is 48.5 Å². The summed E-state index contributed by atoms with van der Waals surface area (Å²) in [6, 6.07) is 23.9. The lowest BCUT2D eigenvalue weighted by molar-refractivity contribution is 0.101. The third-order valence-electron chi connectivity index (χ3n) is 8.61. The second kappa shape index (κ2) is 16.1. The highest BCUT2D eigenvalue weighted by Crippen LogP contribution is 2.28. The SMILES string of the molecule is Cc1cc(C)nc(NC(=O)c2cc(C(=O)Nc3cc(C)cc(C)n3)cc(-c3cc(C(=O)Nc4cc(C)cc(C)n4)cc(C(=O)Nc4cc(C)cc(C)n4)c3)c2)c1. The molecule has 0 spiro atoms. The van der Waals surface area contributed by atoms with E-state index >= 15 is 0 Å². The van der Waals surface area contributed by atoms with Gasteiger partial charge in [0.1, 0.15) is 23.3 Å². The van der Waals surface area contributed by atoms with Gasteiger partial charge in [0.2, 0.25) is 0 Å². The monoisotopic (exact) mass is 746 g/mol. The van der Waals surface area contributed by atoms with E-state index in [-0.39, 0.29) is 22.3 Å². The maximum Gasteiger partial charge on any atom is 0.256 e. The molecule has 0 aliphatic rings. The summed E-state index contributed by atoms with van der Waals surface area (Å²) < 4.78 is 0. The molecule has 6 rings (SSSR count). The maximum atomic E-state index is 13.9. The predicted octanol–water partition coefficient (Wildman–Crippen LogP) is 8.41. The molecule has 0 radical (unpaired) electrons. The molecule has 0 aliphatic heterocycles. The molecule has 4 amide bonds. The third-order valence-corrected chi connectivity index (χ3v) is 8.61. The van der Waals surface area contributed by atoms with Crippen LogP contribution in [-0.4, -0.2) is 43.6 Å². The van der Waals surface area contributed by atoms with Crippen LogP contribution in [0.5, 0.6) is 0 Å². The van der Waals surface area contributed by atoms with E-state index < -0.39 is 23.6 Å². The quantitative estimate of drug-likeness (QED) is 0.114. The summed E-state index contributed by atoms with van der Waals surface area (Å²) in [6.45, 7) is 14.9. The molecule has 0 saturated carbocycles. The van der Waals surface area contributed by atoms with Crippen LogP contribution in [0.15, 0.2) is 84.9 Å². The van der Waals surface area contributed by atoms with Gasteiger partial charge in [-0.2, -0.15) is 0 Å². The van der Waals surface area contributed by atoms with Gasteiger partial charge in [-0.25, -0.2) is 19.9 Å². The fraction of sp³-hybridized carbons (Fsp3) is 0.182. The first-order valence-corrected chi connectivity index (χ1v) is 17.9. The van der Waals surface area contributed by atoms with Crippen LogP contribution in [-0.2, 0) is 0 Å². The lowest BCUT2D eigenvalue weighted by Gasteiger charge is -2.14. The third kappa shape index (κ3) is 9.71. The maximum absolute atomic E-state index is 13.9. The van der Waals surface area contributed by atoms with Gasteiger partial charge in [-0.15, -0.1) is 0 Å². The molecule has 0 saturated heterocycles. The highest BCUT2D eigenvalue weighted by Gasteiger charge is 2.20. The van der Waals surface area contributed by atoms with E-state index in [0.29, 0.717) is 34.4 Å². The van der Waals surface area contributed by atoms with E-state index in [0.717, 1.165) is 45.0 Å². The van der Waals surface area contributed by atoms with Crippen LogP contribution in [0.3, 0.4) is 0 Å². The van der Waals surface area contributed by atoms with Crippen molar-refractivity contribution in [1.29, 1.82) is 0 Å². The average molecular weight is 747 g/mol. The molecule has 0 bridgehead atoms. The summed E-state index contributed by atoms with van der Waals surface area (Å²) in [7, 11) is 0. The van der Waals surface area contributed by atoms with Gasteiger partial charge in [-0.1, -0.05) is 0 Å². The Morgan fingerprint density at radius 1 is 0.321 bits per heavy atom. The molecule has 56 heavy (non-hydrogen) atoms. The van der Waals surface area contributed by atoms with Crippen LogP contribution in [0.4, 0.5) is 23.3 Å². The highest BCUT2D eigenvalue weighted by molar-refractivity contribution is 6.11. The van der Waals surface area contributed by atoms with Gasteiger partial charge in [-0.3, -0.25) is 19.2 Å². The number of benzene rings is 2. The summed E-state index contributed by atoms with van der Waals surface area (Å²) in [5.74, 6) is -0.676. The lowest BCUT2D eigenvalue weighted by Crippen LogP contribution is -2.18. The Morgan fingerprint density at radius 3 is 0.732 bits per heavy atom. The molecule has 12 heteroatoms. The minimum absolute atomic E-state index is 0.140. The zero-order valence-electron chi connectivity index (χ0n) is 32.5. The Labute approximate surface area is 325 Å². The second-order valence-corrected chi connectivity index (χ2v) is 14.1. The Balaban J connectivity index is 1.46. The number of anilines is 4. The summed E-state index contributed by atoms with van der Waals surface area (Å²) in [4.78, 5) is 73.3. The molecule has 0 unspecified atom stereocenters. The number of rotatable bonds is 9. The van der Waals surface area contributed by atoms with Crippen molar-refractivity contribution < 1.29 is 19.2 Å². The minimum atomic E-state index is -0.517. The van der Waals surface area contributed by atoms with Gasteiger partial charge < -0.3 is 21.3 Å². The van der Waals surface area contributed by atoms with Crippen LogP contribution in [0, 0.1) is 55.4 Å². The minimum Gasteiger partial charge on any atom is -0.307 e. The molecular weight excluding hydrogens is 705 g/mol. The van der Waals surface area contributed by atoms with Gasteiger partial charge in [0.05, 0.1) is 0 Å². The largest absolute Gasteiger partial charge is 0.307 e. The van der Waals surface area contributed by atoms with Crippen molar-refractivity contribution in [3.05, 3.63) is 152 Å². The topological polar surface area (TPSA) is 168 Å². The number of nitrogens with zero attached hydrogens (tertiary/aromatic N) is 4. The number of hydrogen-bond donors (Lipinski definition) is 4. The van der Waals surface area contributed by atoms with Crippen molar-refractivity contribution in [3.63, 3.8) is 0 Å². The molecule has 6 aromatic rings. The number of carbonyl (C=O) groups is 4. The summed E-state index contributed by atoms with van der Waals surface area (Å²) in [6.07, 6.45) is 0. The average Bonchev–Trinajstić information content (AvgIpc) is 3.09. The molecule has 4 heterocycles. The number of aryl methyl sites for hydroxylation is 8. The number of hydrogen-bond acceptors (Lipinski definition) is 8. The molecule has 12 nitrogen and oxygen atoms in total. The smallest absolute Gasteiger partial charge is 0.256 e. The first-order chi connectivity index (χ1) is 26.6. The molecule has 2 aromatic carbocycles. The lowest BCUT2D eigenvalue weighted by atomic mass is 9.95. The zero-order valence-corrected chi connectivity index (χ0v) is 32.5. The summed E-state index contributed by atoms with van der Waals surface area (Å²) in [5.41, 5.74) is 7.89. The van der Waals surface area contributed by atoms with E-state index in [1.807, 2.05) is 79.7 Å². The van der Waals surface area contributed by atoms with Crippen molar-refractivity contribution in [3.8, 4) is 11.1 Å². The number of aromatic nitrogens is 4. The Hall–Kier alpha value is -7.08. The van der Waals surface area contributed by atoms with Gasteiger partial charge >= 0.3 is 0 Å². The molecular formula is C44H42N8O4. The fourth-order valence-corrected chi connectivity index (χ4v) is 6.49. The van der Waals surface area contributed by atoms with E-state index in [9.17, 15) is 19.2 Å².